The molecule has 0 aromatic carbocycles. The Morgan fingerprint density at radius 3 is 3.25 bits per heavy atom. The van der Waals surface area contributed by atoms with Crippen LogP contribution in [0.15, 0.2) is 24.7 Å². The third-order valence-corrected chi connectivity index (χ3v) is 3.62. The zero-order chi connectivity index (χ0) is 13.9. The van der Waals surface area contributed by atoms with Crippen molar-refractivity contribution in [2.24, 2.45) is 13.0 Å². The molecule has 1 aliphatic heterocycles. The van der Waals surface area contributed by atoms with Crippen molar-refractivity contribution in [3.63, 3.8) is 0 Å². The molecule has 106 valence electrons. The molecule has 20 heavy (non-hydrogen) atoms. The van der Waals surface area contributed by atoms with Gasteiger partial charge in [0.2, 0.25) is 0 Å². The van der Waals surface area contributed by atoms with E-state index in [4.69, 9.17) is 4.74 Å². The fourth-order valence-corrected chi connectivity index (χ4v) is 2.51. The fraction of sp³-hybridized carbons (Fsp3) is 0.462. The molecule has 2 aromatic heterocycles. The van der Waals surface area contributed by atoms with Crippen LogP contribution in [-0.2, 0) is 11.8 Å². The zero-order valence-corrected chi connectivity index (χ0v) is 11.2. The van der Waals surface area contributed by atoms with E-state index in [1.54, 1.807) is 10.6 Å². The Labute approximate surface area is 116 Å². The molecule has 0 spiro atoms. The number of carbonyl (C=O) groups excluding carboxylic acids is 1. The van der Waals surface area contributed by atoms with Gasteiger partial charge in [0.15, 0.2) is 5.82 Å². The van der Waals surface area contributed by atoms with E-state index in [0.717, 1.165) is 12.2 Å². The number of carbonyl (C=O) groups is 1. The first-order valence-corrected chi connectivity index (χ1v) is 6.62. The van der Waals surface area contributed by atoms with E-state index in [1.807, 2.05) is 19.3 Å². The first-order valence-electron chi connectivity index (χ1n) is 6.62. The zero-order valence-electron chi connectivity index (χ0n) is 11.2. The Morgan fingerprint density at radius 2 is 2.55 bits per heavy atom. The molecule has 7 nitrogen and oxygen atoms in total. The molecule has 0 saturated carbocycles. The number of aromatic amines is 1. The molecule has 2 aromatic rings. The van der Waals surface area contributed by atoms with Gasteiger partial charge in [-0.05, 0) is 18.6 Å². The second kappa shape index (κ2) is 5.46. The monoisotopic (exact) mass is 275 g/mol. The molecule has 1 amide bonds. The Morgan fingerprint density at radius 1 is 1.65 bits per heavy atom. The standard InChI is InChI=1S/C13H17N5O2/c1-18-5-2-3-10(18)13(19)14-7-9-4-6-20-11(9)12-15-8-16-17-12/h2-3,5,8-9,11H,4,6-7H2,1H3,(H,14,19)(H,15,16,17)/t9-,11-/m0/s1. The maximum atomic E-state index is 12.1. The van der Waals surface area contributed by atoms with Crippen molar-refractivity contribution in [1.29, 1.82) is 0 Å². The van der Waals surface area contributed by atoms with Crippen LogP contribution in [0.25, 0.3) is 0 Å². The van der Waals surface area contributed by atoms with Gasteiger partial charge in [0, 0.05) is 32.3 Å². The van der Waals surface area contributed by atoms with Crippen LogP contribution in [0, 0.1) is 5.92 Å². The predicted molar refractivity (Wildman–Crippen MR) is 70.9 cm³/mol. The summed E-state index contributed by atoms with van der Waals surface area (Å²) in [5, 5.41) is 9.63. The van der Waals surface area contributed by atoms with E-state index in [2.05, 4.69) is 20.5 Å². The second-order valence-corrected chi connectivity index (χ2v) is 4.93. The summed E-state index contributed by atoms with van der Waals surface area (Å²) in [6, 6.07) is 3.65. The molecule has 3 rings (SSSR count). The van der Waals surface area contributed by atoms with E-state index in [-0.39, 0.29) is 17.9 Å². The molecular weight excluding hydrogens is 258 g/mol. The molecule has 7 heteroatoms. The number of hydrogen-bond acceptors (Lipinski definition) is 4. The molecule has 2 atom stereocenters. The van der Waals surface area contributed by atoms with Crippen LogP contribution in [0.4, 0.5) is 0 Å². The third-order valence-electron chi connectivity index (χ3n) is 3.62. The minimum absolute atomic E-state index is 0.0688. The van der Waals surface area contributed by atoms with Crippen molar-refractivity contribution in [3.05, 3.63) is 36.2 Å². The quantitative estimate of drug-likeness (QED) is 0.858. The van der Waals surface area contributed by atoms with Crippen LogP contribution < -0.4 is 5.32 Å². The number of aromatic nitrogens is 4. The average molecular weight is 275 g/mol. The van der Waals surface area contributed by atoms with Crippen LogP contribution in [0.1, 0.15) is 28.8 Å². The third kappa shape index (κ3) is 2.44. The van der Waals surface area contributed by atoms with Gasteiger partial charge >= 0.3 is 0 Å². The lowest BCUT2D eigenvalue weighted by molar-refractivity contribution is 0.0796. The van der Waals surface area contributed by atoms with Gasteiger partial charge < -0.3 is 14.6 Å². The van der Waals surface area contributed by atoms with Crippen molar-refractivity contribution in [2.45, 2.75) is 12.5 Å². The summed E-state index contributed by atoms with van der Waals surface area (Å²) < 4.78 is 7.47. The summed E-state index contributed by atoms with van der Waals surface area (Å²) in [4.78, 5) is 16.2. The van der Waals surface area contributed by atoms with E-state index >= 15 is 0 Å². The maximum Gasteiger partial charge on any atom is 0.267 e. The molecule has 1 aliphatic rings. The van der Waals surface area contributed by atoms with E-state index < -0.39 is 0 Å². The molecule has 0 unspecified atom stereocenters. The largest absolute Gasteiger partial charge is 0.370 e. The van der Waals surface area contributed by atoms with Gasteiger partial charge in [0.25, 0.3) is 5.91 Å². The number of nitrogens with one attached hydrogen (secondary N) is 2. The van der Waals surface area contributed by atoms with E-state index in [9.17, 15) is 4.79 Å². The molecule has 0 aliphatic carbocycles. The number of rotatable bonds is 4. The highest BCUT2D eigenvalue weighted by molar-refractivity contribution is 5.92. The molecule has 1 fully saturated rings. The van der Waals surface area contributed by atoms with Crippen LogP contribution in [0.3, 0.4) is 0 Å². The summed E-state index contributed by atoms with van der Waals surface area (Å²) in [5.74, 6) is 0.869. The topological polar surface area (TPSA) is 84.8 Å². The summed E-state index contributed by atoms with van der Waals surface area (Å²) in [6.07, 6.45) is 4.10. The van der Waals surface area contributed by atoms with E-state index in [1.165, 1.54) is 6.33 Å². The Bertz CT molecular complexity index is 577. The lowest BCUT2D eigenvalue weighted by atomic mass is 10.0. The lowest BCUT2D eigenvalue weighted by Gasteiger charge is -2.16. The molecule has 3 heterocycles. The first-order chi connectivity index (χ1) is 9.75. The smallest absolute Gasteiger partial charge is 0.267 e. The summed E-state index contributed by atoms with van der Waals surface area (Å²) >= 11 is 0. The Hall–Kier alpha value is -2.15. The summed E-state index contributed by atoms with van der Waals surface area (Å²) in [6.45, 7) is 1.24. The highest BCUT2D eigenvalue weighted by Crippen LogP contribution is 2.31. The highest BCUT2D eigenvalue weighted by atomic mass is 16.5. The second-order valence-electron chi connectivity index (χ2n) is 4.93. The minimum atomic E-state index is -0.119. The van der Waals surface area contributed by atoms with Crippen molar-refractivity contribution in [2.75, 3.05) is 13.2 Å². The van der Waals surface area contributed by atoms with Crippen molar-refractivity contribution >= 4 is 5.91 Å². The van der Waals surface area contributed by atoms with Gasteiger partial charge in [0.1, 0.15) is 18.1 Å². The van der Waals surface area contributed by atoms with Gasteiger partial charge in [-0.2, -0.15) is 5.10 Å². The van der Waals surface area contributed by atoms with Crippen molar-refractivity contribution in [3.8, 4) is 0 Å². The number of hydrogen-bond donors (Lipinski definition) is 2. The molecule has 0 radical (unpaired) electrons. The summed E-state index contributed by atoms with van der Waals surface area (Å²) in [7, 11) is 1.85. The summed E-state index contributed by atoms with van der Waals surface area (Å²) in [5.41, 5.74) is 0.653. The fourth-order valence-electron chi connectivity index (χ4n) is 2.51. The van der Waals surface area contributed by atoms with Crippen LogP contribution >= 0.6 is 0 Å². The van der Waals surface area contributed by atoms with Crippen molar-refractivity contribution < 1.29 is 9.53 Å². The van der Waals surface area contributed by atoms with Crippen LogP contribution in [0.5, 0.6) is 0 Å². The molecule has 0 bridgehead atoms. The number of ether oxygens (including phenoxy) is 1. The van der Waals surface area contributed by atoms with E-state index in [0.29, 0.717) is 18.8 Å². The number of amides is 1. The molecule has 1 saturated heterocycles. The lowest BCUT2D eigenvalue weighted by Crippen LogP contribution is -2.31. The molecular formula is C13H17N5O2. The molecule has 2 N–H and O–H groups in total. The number of H-pyrrole nitrogens is 1. The predicted octanol–water partition coefficient (Wildman–Crippen LogP) is 0.651. The van der Waals surface area contributed by atoms with Gasteiger partial charge in [-0.3, -0.25) is 9.89 Å². The number of nitrogens with zero attached hydrogens (tertiary/aromatic N) is 3. The van der Waals surface area contributed by atoms with Crippen LogP contribution in [0.2, 0.25) is 0 Å². The SMILES string of the molecule is Cn1cccc1C(=O)NC[C@@H]1CCO[C@@H]1c1ncn[nH]1. The van der Waals surface area contributed by atoms with Gasteiger partial charge in [0.05, 0.1) is 0 Å². The Balaban J connectivity index is 1.61. The maximum absolute atomic E-state index is 12.1. The first kappa shape index (κ1) is 12.9. The average Bonchev–Trinajstić information content (AvgIpc) is 3.16. The van der Waals surface area contributed by atoms with Gasteiger partial charge in [-0.15, -0.1) is 0 Å². The minimum Gasteiger partial charge on any atom is -0.370 e. The normalized spacial score (nSPS) is 22.1. The highest BCUT2D eigenvalue weighted by Gasteiger charge is 2.32. The van der Waals surface area contributed by atoms with Gasteiger partial charge in [-0.25, -0.2) is 4.98 Å². The number of aryl methyl sites for hydroxylation is 1. The van der Waals surface area contributed by atoms with Crippen LogP contribution in [-0.4, -0.2) is 38.8 Å². The van der Waals surface area contributed by atoms with Crippen molar-refractivity contribution in [1.82, 2.24) is 25.1 Å². The Kier molecular flexibility index (Phi) is 3.51. The van der Waals surface area contributed by atoms with Gasteiger partial charge in [-0.1, -0.05) is 0 Å².